The SMILES string of the molecule is NC(CC(=O)O)c1ccc(-c2ncc[nH]2)cc1. The summed E-state index contributed by atoms with van der Waals surface area (Å²) in [4.78, 5) is 17.7. The lowest BCUT2D eigenvalue weighted by Gasteiger charge is -2.09. The van der Waals surface area contributed by atoms with E-state index in [0.717, 1.165) is 17.0 Å². The van der Waals surface area contributed by atoms with E-state index in [1.807, 2.05) is 24.3 Å². The van der Waals surface area contributed by atoms with Crippen molar-refractivity contribution in [1.29, 1.82) is 0 Å². The zero-order valence-corrected chi connectivity index (χ0v) is 9.13. The van der Waals surface area contributed by atoms with E-state index in [4.69, 9.17) is 10.8 Å². The van der Waals surface area contributed by atoms with Gasteiger partial charge < -0.3 is 15.8 Å². The Morgan fingerprint density at radius 2 is 2.12 bits per heavy atom. The molecule has 1 unspecified atom stereocenters. The lowest BCUT2D eigenvalue weighted by Crippen LogP contribution is -2.14. The van der Waals surface area contributed by atoms with Crippen molar-refractivity contribution in [2.45, 2.75) is 12.5 Å². The minimum Gasteiger partial charge on any atom is -0.481 e. The molecule has 0 aliphatic carbocycles. The second kappa shape index (κ2) is 4.80. The van der Waals surface area contributed by atoms with Crippen LogP contribution in [0.4, 0.5) is 0 Å². The summed E-state index contributed by atoms with van der Waals surface area (Å²) in [6, 6.07) is 6.92. The number of rotatable bonds is 4. The average molecular weight is 231 g/mol. The molecule has 0 aliphatic heterocycles. The molecule has 1 aromatic heterocycles. The number of hydrogen-bond acceptors (Lipinski definition) is 3. The third-order valence-electron chi connectivity index (χ3n) is 2.51. The van der Waals surface area contributed by atoms with Crippen LogP contribution in [0.3, 0.4) is 0 Å². The molecular formula is C12H13N3O2. The van der Waals surface area contributed by atoms with Gasteiger partial charge in [0.15, 0.2) is 0 Å². The van der Waals surface area contributed by atoms with Crippen molar-refractivity contribution in [1.82, 2.24) is 9.97 Å². The van der Waals surface area contributed by atoms with Crippen LogP contribution in [0.5, 0.6) is 0 Å². The standard InChI is InChI=1S/C12H13N3O2/c13-10(7-11(16)17)8-1-3-9(4-2-8)12-14-5-6-15-12/h1-6,10H,7,13H2,(H,14,15)(H,16,17). The number of carboxylic acid groups (broad SMARTS) is 1. The number of carbonyl (C=O) groups is 1. The molecule has 0 aliphatic rings. The van der Waals surface area contributed by atoms with Crippen LogP contribution in [0.2, 0.25) is 0 Å². The van der Waals surface area contributed by atoms with Gasteiger partial charge in [0.2, 0.25) is 0 Å². The van der Waals surface area contributed by atoms with Crippen molar-refractivity contribution in [2.24, 2.45) is 5.73 Å². The van der Waals surface area contributed by atoms with Crippen molar-refractivity contribution in [3.63, 3.8) is 0 Å². The predicted octanol–water partition coefficient (Wildman–Crippen LogP) is 1.55. The van der Waals surface area contributed by atoms with Crippen LogP contribution in [0.15, 0.2) is 36.7 Å². The van der Waals surface area contributed by atoms with Gasteiger partial charge in [0.25, 0.3) is 0 Å². The van der Waals surface area contributed by atoms with Gasteiger partial charge in [-0.15, -0.1) is 0 Å². The molecule has 88 valence electrons. The molecule has 2 aromatic rings. The van der Waals surface area contributed by atoms with E-state index in [1.54, 1.807) is 12.4 Å². The van der Waals surface area contributed by atoms with E-state index in [1.165, 1.54) is 0 Å². The number of aromatic amines is 1. The van der Waals surface area contributed by atoms with Gasteiger partial charge >= 0.3 is 5.97 Å². The topological polar surface area (TPSA) is 92.0 Å². The van der Waals surface area contributed by atoms with Crippen molar-refractivity contribution in [3.05, 3.63) is 42.2 Å². The molecule has 1 atom stereocenters. The van der Waals surface area contributed by atoms with Gasteiger partial charge in [-0.1, -0.05) is 24.3 Å². The molecule has 0 amide bonds. The van der Waals surface area contributed by atoms with Crippen LogP contribution in [-0.4, -0.2) is 21.0 Å². The molecule has 0 fully saturated rings. The number of aromatic nitrogens is 2. The number of imidazole rings is 1. The number of carboxylic acids is 1. The summed E-state index contributed by atoms with van der Waals surface area (Å²) >= 11 is 0. The van der Waals surface area contributed by atoms with E-state index in [0.29, 0.717) is 0 Å². The Kier molecular flexibility index (Phi) is 3.20. The lowest BCUT2D eigenvalue weighted by atomic mass is 10.0. The molecule has 1 heterocycles. The highest BCUT2D eigenvalue weighted by atomic mass is 16.4. The highest BCUT2D eigenvalue weighted by molar-refractivity contribution is 5.68. The maximum absolute atomic E-state index is 10.5. The first-order valence-electron chi connectivity index (χ1n) is 5.24. The van der Waals surface area contributed by atoms with Crippen LogP contribution < -0.4 is 5.73 Å². The number of nitrogens with one attached hydrogen (secondary N) is 1. The second-order valence-electron chi connectivity index (χ2n) is 3.76. The summed E-state index contributed by atoms with van der Waals surface area (Å²) < 4.78 is 0. The fourth-order valence-electron chi connectivity index (χ4n) is 1.62. The summed E-state index contributed by atoms with van der Waals surface area (Å²) in [6.45, 7) is 0. The van der Waals surface area contributed by atoms with Gasteiger partial charge in [-0.05, 0) is 5.56 Å². The first-order chi connectivity index (χ1) is 8.16. The fourth-order valence-corrected chi connectivity index (χ4v) is 1.62. The van der Waals surface area contributed by atoms with Crippen LogP contribution in [0, 0.1) is 0 Å². The van der Waals surface area contributed by atoms with E-state index >= 15 is 0 Å². The molecule has 0 saturated heterocycles. The van der Waals surface area contributed by atoms with Crippen molar-refractivity contribution in [2.75, 3.05) is 0 Å². The van der Waals surface area contributed by atoms with E-state index in [-0.39, 0.29) is 6.42 Å². The van der Waals surface area contributed by atoms with E-state index in [9.17, 15) is 4.79 Å². The predicted molar refractivity (Wildman–Crippen MR) is 63.2 cm³/mol. The highest BCUT2D eigenvalue weighted by Gasteiger charge is 2.10. The molecule has 17 heavy (non-hydrogen) atoms. The van der Waals surface area contributed by atoms with Crippen molar-refractivity contribution >= 4 is 5.97 Å². The summed E-state index contributed by atoms with van der Waals surface area (Å²) in [5, 5.41) is 8.66. The molecule has 0 saturated carbocycles. The summed E-state index contributed by atoms with van der Waals surface area (Å²) in [5.74, 6) is -0.115. The van der Waals surface area contributed by atoms with Crippen LogP contribution >= 0.6 is 0 Å². The van der Waals surface area contributed by atoms with Crippen molar-refractivity contribution < 1.29 is 9.90 Å². The van der Waals surface area contributed by atoms with Gasteiger partial charge in [0, 0.05) is 24.0 Å². The Labute approximate surface area is 98.3 Å². The Bertz CT molecular complexity index is 491. The van der Waals surface area contributed by atoms with Crippen LogP contribution in [-0.2, 0) is 4.79 Å². The Hall–Kier alpha value is -2.14. The molecule has 0 radical (unpaired) electrons. The van der Waals surface area contributed by atoms with E-state index < -0.39 is 12.0 Å². The summed E-state index contributed by atoms with van der Waals surface area (Å²) in [7, 11) is 0. The van der Waals surface area contributed by atoms with Gasteiger partial charge in [0.05, 0.1) is 6.42 Å². The lowest BCUT2D eigenvalue weighted by molar-refractivity contribution is -0.137. The molecule has 5 heteroatoms. The number of aliphatic carboxylic acids is 1. The molecule has 0 spiro atoms. The third kappa shape index (κ3) is 2.70. The number of H-pyrrole nitrogens is 1. The number of nitrogens with two attached hydrogens (primary N) is 1. The first kappa shape index (κ1) is 11.3. The largest absolute Gasteiger partial charge is 0.481 e. The minimum atomic E-state index is -0.896. The number of nitrogens with zero attached hydrogens (tertiary/aromatic N) is 1. The molecule has 4 N–H and O–H groups in total. The van der Waals surface area contributed by atoms with Crippen LogP contribution in [0.1, 0.15) is 18.0 Å². The maximum Gasteiger partial charge on any atom is 0.305 e. The minimum absolute atomic E-state index is 0.0693. The molecule has 2 rings (SSSR count). The number of benzene rings is 1. The molecule has 0 bridgehead atoms. The fraction of sp³-hybridized carbons (Fsp3) is 0.167. The Morgan fingerprint density at radius 1 is 1.41 bits per heavy atom. The Morgan fingerprint density at radius 3 is 2.65 bits per heavy atom. The quantitative estimate of drug-likeness (QED) is 0.744. The number of hydrogen-bond donors (Lipinski definition) is 3. The zero-order valence-electron chi connectivity index (χ0n) is 9.13. The average Bonchev–Trinajstić information content (AvgIpc) is 2.82. The van der Waals surface area contributed by atoms with Gasteiger partial charge in [-0.2, -0.15) is 0 Å². The summed E-state index contributed by atoms with van der Waals surface area (Å²) in [6.07, 6.45) is 3.36. The second-order valence-corrected chi connectivity index (χ2v) is 3.76. The van der Waals surface area contributed by atoms with E-state index in [2.05, 4.69) is 9.97 Å². The first-order valence-corrected chi connectivity index (χ1v) is 5.24. The monoisotopic (exact) mass is 231 g/mol. The molecule has 5 nitrogen and oxygen atoms in total. The highest BCUT2D eigenvalue weighted by Crippen LogP contribution is 2.19. The van der Waals surface area contributed by atoms with Gasteiger partial charge in [0.1, 0.15) is 5.82 Å². The van der Waals surface area contributed by atoms with Gasteiger partial charge in [-0.25, -0.2) is 4.98 Å². The summed E-state index contributed by atoms with van der Waals surface area (Å²) in [5.41, 5.74) is 7.51. The maximum atomic E-state index is 10.5. The smallest absolute Gasteiger partial charge is 0.305 e. The Balaban J connectivity index is 2.15. The zero-order chi connectivity index (χ0) is 12.3. The van der Waals surface area contributed by atoms with Crippen molar-refractivity contribution in [3.8, 4) is 11.4 Å². The normalized spacial score (nSPS) is 12.3. The molecular weight excluding hydrogens is 218 g/mol. The third-order valence-corrected chi connectivity index (χ3v) is 2.51. The molecule has 1 aromatic carbocycles. The van der Waals surface area contributed by atoms with Crippen LogP contribution in [0.25, 0.3) is 11.4 Å². The van der Waals surface area contributed by atoms with Gasteiger partial charge in [-0.3, -0.25) is 4.79 Å².